The molecule has 0 aliphatic carbocycles. The van der Waals surface area contributed by atoms with E-state index in [9.17, 15) is 4.79 Å². The second-order valence-corrected chi connectivity index (χ2v) is 5.26. The van der Waals surface area contributed by atoms with Gasteiger partial charge in [0.2, 0.25) is 5.91 Å². The zero-order valence-electron chi connectivity index (χ0n) is 12.1. The fourth-order valence-corrected chi connectivity index (χ4v) is 2.31. The predicted octanol–water partition coefficient (Wildman–Crippen LogP) is 3.22. The maximum absolute atomic E-state index is 12.5. The number of hydrogen-bond donors (Lipinski definition) is 0. The van der Waals surface area contributed by atoms with Gasteiger partial charge >= 0.3 is 0 Å². The van der Waals surface area contributed by atoms with Crippen molar-refractivity contribution in [2.24, 2.45) is 0 Å². The maximum atomic E-state index is 12.5. The SMILES string of the molecule is N#CCCN(Cc1cccnc1)C(=O)Cc1ccccc1Cl. The minimum atomic E-state index is -0.0489. The second kappa shape index (κ2) is 8.16. The van der Waals surface area contributed by atoms with Crippen LogP contribution in [0.2, 0.25) is 5.02 Å². The lowest BCUT2D eigenvalue weighted by Gasteiger charge is -2.22. The van der Waals surface area contributed by atoms with E-state index in [0.29, 0.717) is 24.5 Å². The van der Waals surface area contributed by atoms with Gasteiger partial charge in [-0.25, -0.2) is 0 Å². The largest absolute Gasteiger partial charge is 0.337 e. The van der Waals surface area contributed by atoms with Crippen LogP contribution in [0.3, 0.4) is 0 Å². The van der Waals surface area contributed by atoms with Crippen LogP contribution in [0.5, 0.6) is 0 Å². The molecule has 0 N–H and O–H groups in total. The lowest BCUT2D eigenvalue weighted by molar-refractivity contribution is -0.131. The summed E-state index contributed by atoms with van der Waals surface area (Å²) in [4.78, 5) is 18.2. The maximum Gasteiger partial charge on any atom is 0.227 e. The average molecular weight is 314 g/mol. The monoisotopic (exact) mass is 313 g/mol. The van der Waals surface area contributed by atoms with Crippen LogP contribution in [0.1, 0.15) is 17.5 Å². The molecule has 1 aromatic carbocycles. The summed E-state index contributed by atoms with van der Waals surface area (Å²) in [5.41, 5.74) is 1.73. The number of benzene rings is 1. The molecule has 0 radical (unpaired) electrons. The number of rotatable bonds is 6. The molecular formula is C17H16ClN3O. The number of nitriles is 1. The average Bonchev–Trinajstić information content (AvgIpc) is 2.54. The van der Waals surface area contributed by atoms with Crippen molar-refractivity contribution in [1.29, 1.82) is 5.26 Å². The highest BCUT2D eigenvalue weighted by Crippen LogP contribution is 2.17. The van der Waals surface area contributed by atoms with Gasteiger partial charge in [0.25, 0.3) is 0 Å². The molecule has 2 rings (SSSR count). The van der Waals surface area contributed by atoms with Crippen LogP contribution < -0.4 is 0 Å². The van der Waals surface area contributed by atoms with Gasteiger partial charge in [0, 0.05) is 30.5 Å². The molecule has 0 fully saturated rings. The van der Waals surface area contributed by atoms with Crippen molar-refractivity contribution in [3.63, 3.8) is 0 Å². The van der Waals surface area contributed by atoms with Gasteiger partial charge < -0.3 is 4.90 Å². The van der Waals surface area contributed by atoms with E-state index < -0.39 is 0 Å². The van der Waals surface area contributed by atoms with Crippen LogP contribution in [0.4, 0.5) is 0 Å². The van der Waals surface area contributed by atoms with Gasteiger partial charge in [0.15, 0.2) is 0 Å². The molecule has 1 heterocycles. The van der Waals surface area contributed by atoms with Crippen molar-refractivity contribution in [2.45, 2.75) is 19.4 Å². The summed E-state index contributed by atoms with van der Waals surface area (Å²) in [6.45, 7) is 0.841. The smallest absolute Gasteiger partial charge is 0.227 e. The van der Waals surface area contributed by atoms with Crippen LogP contribution in [-0.4, -0.2) is 22.3 Å². The summed E-state index contributed by atoms with van der Waals surface area (Å²) in [6.07, 6.45) is 3.94. The minimum absolute atomic E-state index is 0.0489. The molecule has 0 aliphatic rings. The summed E-state index contributed by atoms with van der Waals surface area (Å²) in [5.74, 6) is -0.0489. The predicted molar refractivity (Wildman–Crippen MR) is 85.0 cm³/mol. The topological polar surface area (TPSA) is 57.0 Å². The molecule has 0 bridgehead atoms. The summed E-state index contributed by atoms with van der Waals surface area (Å²) in [7, 11) is 0. The quantitative estimate of drug-likeness (QED) is 0.822. The molecule has 2 aromatic rings. The van der Waals surface area contributed by atoms with Crippen LogP contribution in [0, 0.1) is 11.3 Å². The third-order valence-corrected chi connectivity index (χ3v) is 3.61. The van der Waals surface area contributed by atoms with E-state index in [-0.39, 0.29) is 12.3 Å². The zero-order chi connectivity index (χ0) is 15.8. The van der Waals surface area contributed by atoms with Crippen LogP contribution >= 0.6 is 11.6 Å². The number of nitrogens with zero attached hydrogens (tertiary/aromatic N) is 3. The summed E-state index contributed by atoms with van der Waals surface area (Å²) >= 11 is 6.10. The van der Waals surface area contributed by atoms with E-state index >= 15 is 0 Å². The summed E-state index contributed by atoms with van der Waals surface area (Å²) < 4.78 is 0. The van der Waals surface area contributed by atoms with Gasteiger partial charge in [-0.15, -0.1) is 0 Å². The number of amides is 1. The van der Waals surface area contributed by atoms with Gasteiger partial charge in [-0.05, 0) is 23.3 Å². The molecule has 112 valence electrons. The first-order chi connectivity index (χ1) is 10.7. The highest BCUT2D eigenvalue weighted by atomic mass is 35.5. The molecule has 0 unspecified atom stereocenters. The molecular weight excluding hydrogens is 298 g/mol. The Labute approximate surface area is 135 Å². The van der Waals surface area contributed by atoms with Crippen molar-refractivity contribution < 1.29 is 4.79 Å². The van der Waals surface area contributed by atoms with Gasteiger partial charge in [-0.1, -0.05) is 35.9 Å². The van der Waals surface area contributed by atoms with E-state index in [0.717, 1.165) is 11.1 Å². The number of hydrogen-bond acceptors (Lipinski definition) is 3. The van der Waals surface area contributed by atoms with Crippen LogP contribution in [0.15, 0.2) is 48.8 Å². The standard InChI is InChI=1S/C17H16ClN3O/c18-16-7-2-1-6-15(16)11-17(22)21(10-4-8-19)13-14-5-3-9-20-12-14/h1-3,5-7,9,12H,4,10-11,13H2. The fraction of sp³-hybridized carbons (Fsp3) is 0.235. The number of carbonyl (C=O) groups is 1. The lowest BCUT2D eigenvalue weighted by Crippen LogP contribution is -2.32. The Morgan fingerprint density at radius 2 is 2.09 bits per heavy atom. The molecule has 22 heavy (non-hydrogen) atoms. The second-order valence-electron chi connectivity index (χ2n) is 4.85. The van der Waals surface area contributed by atoms with Gasteiger partial charge in [-0.3, -0.25) is 9.78 Å². The molecule has 0 spiro atoms. The summed E-state index contributed by atoms with van der Waals surface area (Å²) in [6, 6.07) is 13.1. The summed E-state index contributed by atoms with van der Waals surface area (Å²) in [5, 5.41) is 9.36. The van der Waals surface area contributed by atoms with Gasteiger partial charge in [0.05, 0.1) is 18.9 Å². The third kappa shape index (κ3) is 4.57. The van der Waals surface area contributed by atoms with E-state index in [4.69, 9.17) is 16.9 Å². The number of aromatic nitrogens is 1. The van der Waals surface area contributed by atoms with Crippen molar-refractivity contribution in [2.75, 3.05) is 6.54 Å². The normalized spacial score (nSPS) is 10.0. The first kappa shape index (κ1) is 16.0. The third-order valence-electron chi connectivity index (χ3n) is 3.24. The fourth-order valence-electron chi connectivity index (χ4n) is 2.11. The molecule has 0 saturated heterocycles. The van der Waals surface area contributed by atoms with Crippen LogP contribution in [0.25, 0.3) is 0 Å². The molecule has 4 nitrogen and oxygen atoms in total. The van der Waals surface area contributed by atoms with E-state index in [2.05, 4.69) is 11.1 Å². The minimum Gasteiger partial charge on any atom is -0.337 e. The van der Waals surface area contributed by atoms with E-state index in [1.165, 1.54) is 0 Å². The molecule has 1 aromatic heterocycles. The molecule has 0 atom stereocenters. The van der Waals surface area contributed by atoms with Crippen LogP contribution in [-0.2, 0) is 17.8 Å². The molecule has 0 aliphatic heterocycles. The number of carbonyl (C=O) groups excluding carboxylic acids is 1. The van der Waals surface area contributed by atoms with Crippen molar-refractivity contribution in [3.05, 3.63) is 64.9 Å². The van der Waals surface area contributed by atoms with E-state index in [1.54, 1.807) is 23.4 Å². The highest BCUT2D eigenvalue weighted by Gasteiger charge is 2.15. The molecule has 0 saturated carbocycles. The Bertz CT molecular complexity index is 667. The Morgan fingerprint density at radius 3 is 2.77 bits per heavy atom. The number of halogens is 1. The highest BCUT2D eigenvalue weighted by molar-refractivity contribution is 6.31. The van der Waals surface area contributed by atoms with E-state index in [1.807, 2.05) is 30.3 Å². The lowest BCUT2D eigenvalue weighted by atomic mass is 10.1. The Morgan fingerprint density at radius 1 is 1.27 bits per heavy atom. The first-order valence-electron chi connectivity index (χ1n) is 6.97. The van der Waals surface area contributed by atoms with Gasteiger partial charge in [0.1, 0.15) is 0 Å². The first-order valence-corrected chi connectivity index (χ1v) is 7.35. The Hall–Kier alpha value is -2.38. The van der Waals surface area contributed by atoms with Crippen molar-refractivity contribution in [3.8, 4) is 6.07 Å². The molecule has 5 heteroatoms. The van der Waals surface area contributed by atoms with Crippen molar-refractivity contribution in [1.82, 2.24) is 9.88 Å². The van der Waals surface area contributed by atoms with Crippen molar-refractivity contribution >= 4 is 17.5 Å². The Kier molecular flexibility index (Phi) is 5.93. The number of pyridine rings is 1. The van der Waals surface area contributed by atoms with Gasteiger partial charge in [-0.2, -0.15) is 5.26 Å². The Balaban J connectivity index is 2.09. The zero-order valence-corrected chi connectivity index (χ0v) is 12.8. The molecule has 1 amide bonds.